The van der Waals surface area contributed by atoms with Crippen LogP contribution in [0.25, 0.3) is 0 Å². The lowest BCUT2D eigenvalue weighted by Gasteiger charge is -2.00. The zero-order valence-electron chi connectivity index (χ0n) is 10.1. The fraction of sp³-hybridized carbons (Fsp3) is 0.667. The Bertz CT molecular complexity index is 353. The maximum Gasteiger partial charge on any atom is 0.166 e. The van der Waals surface area contributed by atoms with E-state index in [9.17, 15) is 4.79 Å². The van der Waals surface area contributed by atoms with Gasteiger partial charge in [-0.1, -0.05) is 19.8 Å². The Morgan fingerprint density at radius 1 is 1.33 bits per heavy atom. The lowest BCUT2D eigenvalue weighted by molar-refractivity contribution is 0.0978. The summed E-state index contributed by atoms with van der Waals surface area (Å²) in [6, 6.07) is 0. The van der Waals surface area contributed by atoms with Crippen LogP contribution in [-0.2, 0) is 7.05 Å². The van der Waals surface area contributed by atoms with Crippen LogP contribution in [0.15, 0.2) is 0 Å². The van der Waals surface area contributed by atoms with Crippen molar-refractivity contribution in [3.8, 4) is 0 Å². The van der Waals surface area contributed by atoms with Gasteiger partial charge in [0.2, 0.25) is 0 Å². The van der Waals surface area contributed by atoms with Gasteiger partial charge in [-0.15, -0.1) is 0 Å². The number of rotatable bonds is 5. The van der Waals surface area contributed by atoms with Crippen molar-refractivity contribution in [2.75, 3.05) is 0 Å². The van der Waals surface area contributed by atoms with Crippen LogP contribution < -0.4 is 0 Å². The normalized spacial score (nSPS) is 10.7. The molecule has 0 unspecified atom stereocenters. The molecule has 0 bridgehead atoms. The second-order valence-electron chi connectivity index (χ2n) is 4.05. The van der Waals surface area contributed by atoms with Gasteiger partial charge in [0.1, 0.15) is 0 Å². The first-order valence-corrected chi connectivity index (χ1v) is 5.61. The van der Waals surface area contributed by atoms with Crippen molar-refractivity contribution >= 4 is 5.78 Å². The van der Waals surface area contributed by atoms with Gasteiger partial charge < -0.3 is 0 Å². The van der Waals surface area contributed by atoms with Crippen molar-refractivity contribution < 1.29 is 4.79 Å². The highest BCUT2D eigenvalue weighted by atomic mass is 16.1. The number of carbonyl (C=O) groups excluding carboxylic acids is 1. The molecule has 0 atom stereocenters. The van der Waals surface area contributed by atoms with E-state index in [4.69, 9.17) is 0 Å². The predicted molar refractivity (Wildman–Crippen MR) is 61.2 cm³/mol. The number of nitrogens with zero attached hydrogens (tertiary/aromatic N) is 2. The van der Waals surface area contributed by atoms with Crippen LogP contribution in [0.1, 0.15) is 54.4 Å². The van der Waals surface area contributed by atoms with Gasteiger partial charge in [0.05, 0.1) is 11.3 Å². The molecule has 0 radical (unpaired) electrons. The number of hydrogen-bond acceptors (Lipinski definition) is 2. The Hall–Kier alpha value is -1.12. The number of unbranched alkanes of at least 4 members (excludes halogenated alkanes) is 2. The van der Waals surface area contributed by atoms with Gasteiger partial charge in [-0.05, 0) is 20.3 Å². The Morgan fingerprint density at radius 2 is 2.00 bits per heavy atom. The van der Waals surface area contributed by atoms with E-state index in [0.717, 1.165) is 36.2 Å². The molecule has 1 aromatic heterocycles. The molecule has 0 aliphatic carbocycles. The summed E-state index contributed by atoms with van der Waals surface area (Å²) in [6.07, 6.45) is 3.92. The van der Waals surface area contributed by atoms with Crippen LogP contribution in [0, 0.1) is 13.8 Å². The van der Waals surface area contributed by atoms with Gasteiger partial charge in [0.25, 0.3) is 0 Å². The minimum absolute atomic E-state index is 0.242. The Morgan fingerprint density at radius 3 is 2.47 bits per heavy atom. The summed E-state index contributed by atoms with van der Waals surface area (Å²) in [7, 11) is 1.88. The third kappa shape index (κ3) is 2.67. The van der Waals surface area contributed by atoms with E-state index in [1.807, 2.05) is 20.9 Å². The maximum atomic E-state index is 11.9. The Labute approximate surface area is 91.5 Å². The lowest BCUT2D eigenvalue weighted by Crippen LogP contribution is -2.02. The molecule has 0 N–H and O–H groups in total. The van der Waals surface area contributed by atoms with Gasteiger partial charge >= 0.3 is 0 Å². The molecule has 0 spiro atoms. The summed E-state index contributed by atoms with van der Waals surface area (Å²) in [5.74, 6) is 0.242. The topological polar surface area (TPSA) is 34.9 Å². The average molecular weight is 208 g/mol. The molecule has 3 heteroatoms. The van der Waals surface area contributed by atoms with Gasteiger partial charge in [-0.25, -0.2) is 0 Å². The van der Waals surface area contributed by atoms with Crippen molar-refractivity contribution in [2.45, 2.75) is 46.5 Å². The lowest BCUT2D eigenvalue weighted by atomic mass is 10.0. The number of hydrogen-bond donors (Lipinski definition) is 0. The van der Waals surface area contributed by atoms with Crippen LogP contribution >= 0.6 is 0 Å². The highest BCUT2D eigenvalue weighted by Gasteiger charge is 2.16. The maximum absolute atomic E-state index is 11.9. The van der Waals surface area contributed by atoms with Gasteiger partial charge in [0, 0.05) is 19.2 Å². The molecule has 0 aromatic carbocycles. The van der Waals surface area contributed by atoms with Gasteiger partial charge in [-0.3, -0.25) is 9.48 Å². The number of Topliss-reactive ketones (excluding diaryl/α,β-unsaturated/α-hetero) is 1. The molecule has 0 saturated heterocycles. The quantitative estimate of drug-likeness (QED) is 0.551. The van der Waals surface area contributed by atoms with E-state index < -0.39 is 0 Å². The fourth-order valence-electron chi connectivity index (χ4n) is 1.84. The van der Waals surface area contributed by atoms with E-state index in [1.54, 1.807) is 4.68 Å². The fourth-order valence-corrected chi connectivity index (χ4v) is 1.84. The Balaban J connectivity index is 2.73. The molecular weight excluding hydrogens is 188 g/mol. The summed E-state index contributed by atoms with van der Waals surface area (Å²) < 4.78 is 1.78. The number of carbonyl (C=O) groups is 1. The van der Waals surface area contributed by atoms with E-state index >= 15 is 0 Å². The molecule has 0 amide bonds. The number of aryl methyl sites for hydroxylation is 2. The first kappa shape index (κ1) is 12.0. The highest BCUT2D eigenvalue weighted by molar-refractivity contribution is 5.98. The first-order valence-electron chi connectivity index (χ1n) is 5.61. The third-order valence-electron chi connectivity index (χ3n) is 2.80. The average Bonchev–Trinajstić information content (AvgIpc) is 2.41. The van der Waals surface area contributed by atoms with Crippen LogP contribution in [0.5, 0.6) is 0 Å². The molecule has 0 fully saturated rings. The zero-order valence-corrected chi connectivity index (χ0v) is 10.1. The molecular formula is C12H20N2O. The zero-order chi connectivity index (χ0) is 11.4. The van der Waals surface area contributed by atoms with Crippen LogP contribution in [0.2, 0.25) is 0 Å². The molecule has 84 valence electrons. The largest absolute Gasteiger partial charge is 0.294 e. The molecule has 1 rings (SSSR count). The standard InChI is InChI=1S/C12H20N2O/c1-5-6-7-8-11(15)12-9(2)13-14(4)10(12)3/h5-8H2,1-4H3. The number of aromatic nitrogens is 2. The molecule has 0 aliphatic rings. The second-order valence-corrected chi connectivity index (χ2v) is 4.05. The minimum Gasteiger partial charge on any atom is -0.294 e. The molecule has 1 aromatic rings. The monoisotopic (exact) mass is 208 g/mol. The Kier molecular flexibility index (Phi) is 4.06. The van der Waals surface area contributed by atoms with Crippen LogP contribution in [0.3, 0.4) is 0 Å². The summed E-state index contributed by atoms with van der Waals surface area (Å²) in [6.45, 7) is 6.00. The smallest absolute Gasteiger partial charge is 0.166 e. The molecule has 0 aliphatic heterocycles. The van der Waals surface area contributed by atoms with E-state index in [2.05, 4.69) is 12.0 Å². The van der Waals surface area contributed by atoms with Crippen molar-refractivity contribution in [1.29, 1.82) is 0 Å². The summed E-state index contributed by atoms with van der Waals surface area (Å²) >= 11 is 0. The van der Waals surface area contributed by atoms with E-state index in [0.29, 0.717) is 6.42 Å². The number of ketones is 1. The van der Waals surface area contributed by atoms with E-state index in [1.165, 1.54) is 0 Å². The summed E-state index contributed by atoms with van der Waals surface area (Å²) in [5.41, 5.74) is 2.67. The van der Waals surface area contributed by atoms with Crippen LogP contribution in [0.4, 0.5) is 0 Å². The SMILES string of the molecule is CCCCCC(=O)c1c(C)nn(C)c1C. The second kappa shape index (κ2) is 5.10. The molecule has 1 heterocycles. The van der Waals surface area contributed by atoms with Gasteiger partial charge in [0.15, 0.2) is 5.78 Å². The van der Waals surface area contributed by atoms with Crippen molar-refractivity contribution in [2.24, 2.45) is 7.05 Å². The molecule has 3 nitrogen and oxygen atoms in total. The van der Waals surface area contributed by atoms with Crippen molar-refractivity contribution in [1.82, 2.24) is 9.78 Å². The molecule has 15 heavy (non-hydrogen) atoms. The van der Waals surface area contributed by atoms with Gasteiger partial charge in [-0.2, -0.15) is 5.10 Å². The van der Waals surface area contributed by atoms with E-state index in [-0.39, 0.29) is 5.78 Å². The van der Waals surface area contributed by atoms with Crippen LogP contribution in [-0.4, -0.2) is 15.6 Å². The molecule has 0 saturated carbocycles. The first-order chi connectivity index (χ1) is 7.07. The third-order valence-corrected chi connectivity index (χ3v) is 2.80. The highest BCUT2D eigenvalue weighted by Crippen LogP contribution is 2.15. The predicted octanol–water partition coefficient (Wildman–Crippen LogP) is 2.80. The summed E-state index contributed by atoms with van der Waals surface area (Å²) in [4.78, 5) is 11.9. The minimum atomic E-state index is 0.242. The van der Waals surface area contributed by atoms with Crippen molar-refractivity contribution in [3.05, 3.63) is 17.0 Å². The van der Waals surface area contributed by atoms with Crippen molar-refractivity contribution in [3.63, 3.8) is 0 Å². The summed E-state index contributed by atoms with van der Waals surface area (Å²) in [5, 5.41) is 4.26.